The number of amides is 1. The molecule has 172 valence electrons. The van der Waals surface area contributed by atoms with Gasteiger partial charge in [-0.3, -0.25) is 14.9 Å². The third kappa shape index (κ3) is 7.63. The maximum absolute atomic E-state index is 12.5. The molecular weight excluding hydrogens is 442 g/mol. The molecule has 0 saturated carbocycles. The zero-order chi connectivity index (χ0) is 23.6. The minimum Gasteiger partial charge on any atom is -0.468 e. The van der Waals surface area contributed by atoms with Crippen LogP contribution in [-0.4, -0.2) is 45.1 Å². The molecule has 0 aliphatic heterocycles. The Bertz CT molecular complexity index is 1030. The number of rotatable bonds is 11. The van der Waals surface area contributed by atoms with Crippen LogP contribution >= 0.6 is 0 Å². The molecule has 0 bridgehead atoms. The van der Waals surface area contributed by atoms with Crippen molar-refractivity contribution >= 4 is 27.8 Å². The van der Waals surface area contributed by atoms with E-state index in [-0.39, 0.29) is 36.6 Å². The molecule has 1 amide bonds. The molecule has 1 atom stereocenters. The first-order valence-corrected chi connectivity index (χ1v) is 11.0. The molecule has 2 aromatic carbocycles. The second kappa shape index (κ2) is 11.8. The Morgan fingerprint density at radius 2 is 1.75 bits per heavy atom. The number of methoxy groups -OCH3 is 1. The van der Waals surface area contributed by atoms with Crippen LogP contribution in [0.1, 0.15) is 18.4 Å². The first-order valence-electron chi connectivity index (χ1n) is 9.52. The molecule has 0 spiro atoms. The first kappa shape index (κ1) is 24.8. The standard InChI is InChI=1S/C20H23N3O8S/c1-30-19(24)18(22-32(28,29)17-11-9-16(10-12-17)23(26)27)8-5-13-21-20(25)31-14-15-6-3-2-4-7-15/h2-4,6-7,9-12,18,22H,5,8,13-14H2,1H3,(H,21,25)/t18-/m0/s1. The van der Waals surface area contributed by atoms with Gasteiger partial charge in [-0.25, -0.2) is 13.2 Å². The lowest BCUT2D eigenvalue weighted by Gasteiger charge is -2.17. The van der Waals surface area contributed by atoms with E-state index in [1.807, 2.05) is 30.3 Å². The SMILES string of the molecule is COC(=O)[C@H](CCCNC(=O)OCc1ccccc1)NS(=O)(=O)c1ccc([N+](=O)[O-])cc1. The van der Waals surface area contributed by atoms with Crippen LogP contribution in [0.25, 0.3) is 0 Å². The predicted molar refractivity (Wildman–Crippen MR) is 113 cm³/mol. The highest BCUT2D eigenvalue weighted by Crippen LogP contribution is 2.16. The summed E-state index contributed by atoms with van der Waals surface area (Å²) in [5.41, 5.74) is 0.563. The van der Waals surface area contributed by atoms with E-state index in [1.54, 1.807) is 0 Å². The lowest BCUT2D eigenvalue weighted by atomic mass is 10.2. The quantitative estimate of drug-likeness (QED) is 0.221. The van der Waals surface area contributed by atoms with Crippen molar-refractivity contribution in [1.29, 1.82) is 0 Å². The summed E-state index contributed by atoms with van der Waals surface area (Å²) in [6.07, 6.45) is -0.351. The summed E-state index contributed by atoms with van der Waals surface area (Å²) < 4.78 is 37.0. The van der Waals surface area contributed by atoms with Crippen LogP contribution in [0.15, 0.2) is 59.5 Å². The van der Waals surface area contributed by atoms with Crippen molar-refractivity contribution in [2.75, 3.05) is 13.7 Å². The van der Waals surface area contributed by atoms with Gasteiger partial charge in [-0.15, -0.1) is 0 Å². The fourth-order valence-corrected chi connectivity index (χ4v) is 3.86. The Morgan fingerprint density at radius 3 is 2.34 bits per heavy atom. The fourth-order valence-electron chi connectivity index (χ4n) is 2.64. The van der Waals surface area contributed by atoms with Crippen LogP contribution < -0.4 is 10.0 Å². The minimum atomic E-state index is -4.14. The van der Waals surface area contributed by atoms with E-state index in [0.717, 1.165) is 36.9 Å². The largest absolute Gasteiger partial charge is 0.468 e. The maximum Gasteiger partial charge on any atom is 0.407 e. The average molecular weight is 465 g/mol. The molecule has 0 fully saturated rings. The van der Waals surface area contributed by atoms with Crippen molar-refractivity contribution in [2.24, 2.45) is 0 Å². The number of carbonyl (C=O) groups is 2. The highest BCUT2D eigenvalue weighted by molar-refractivity contribution is 7.89. The minimum absolute atomic E-state index is 0.0395. The molecule has 32 heavy (non-hydrogen) atoms. The van der Waals surface area contributed by atoms with Crippen molar-refractivity contribution in [3.05, 3.63) is 70.3 Å². The number of hydrogen-bond donors (Lipinski definition) is 2. The van der Waals surface area contributed by atoms with Gasteiger partial charge in [0.05, 0.1) is 16.9 Å². The van der Waals surface area contributed by atoms with Crippen molar-refractivity contribution < 1.29 is 32.4 Å². The zero-order valence-corrected chi connectivity index (χ0v) is 18.0. The molecule has 0 heterocycles. The normalized spacial score (nSPS) is 11.9. The van der Waals surface area contributed by atoms with E-state index in [1.165, 1.54) is 0 Å². The predicted octanol–water partition coefficient (Wildman–Crippen LogP) is 2.12. The van der Waals surface area contributed by atoms with Crippen LogP contribution in [0.4, 0.5) is 10.5 Å². The first-order chi connectivity index (χ1) is 15.2. The molecule has 2 rings (SSSR count). The molecule has 0 saturated heterocycles. The number of esters is 1. The maximum atomic E-state index is 12.5. The monoisotopic (exact) mass is 465 g/mol. The van der Waals surface area contributed by atoms with Gasteiger partial charge in [-0.1, -0.05) is 30.3 Å². The molecule has 0 radical (unpaired) electrons. The van der Waals surface area contributed by atoms with E-state index in [4.69, 9.17) is 4.74 Å². The summed E-state index contributed by atoms with van der Waals surface area (Å²) >= 11 is 0. The van der Waals surface area contributed by atoms with Gasteiger partial charge < -0.3 is 14.8 Å². The molecule has 0 aliphatic carbocycles. The van der Waals surface area contributed by atoms with Gasteiger partial charge in [0.1, 0.15) is 12.6 Å². The van der Waals surface area contributed by atoms with Crippen molar-refractivity contribution in [2.45, 2.75) is 30.4 Å². The van der Waals surface area contributed by atoms with Crippen molar-refractivity contribution in [3.63, 3.8) is 0 Å². The molecule has 0 aliphatic rings. The van der Waals surface area contributed by atoms with E-state index >= 15 is 0 Å². The smallest absolute Gasteiger partial charge is 0.407 e. The third-order valence-corrected chi connectivity index (χ3v) is 5.78. The highest BCUT2D eigenvalue weighted by Gasteiger charge is 2.26. The van der Waals surface area contributed by atoms with Gasteiger partial charge >= 0.3 is 12.1 Å². The number of non-ortho nitro benzene ring substituents is 1. The Morgan fingerprint density at radius 1 is 1.09 bits per heavy atom. The highest BCUT2D eigenvalue weighted by atomic mass is 32.2. The fraction of sp³-hybridized carbons (Fsp3) is 0.300. The summed E-state index contributed by atoms with van der Waals surface area (Å²) in [7, 11) is -3.02. The van der Waals surface area contributed by atoms with Gasteiger partial charge in [-0.05, 0) is 30.5 Å². The molecule has 11 nitrogen and oxygen atoms in total. The number of hydrogen-bond acceptors (Lipinski definition) is 8. The van der Waals surface area contributed by atoms with Gasteiger partial charge in [0, 0.05) is 18.7 Å². The van der Waals surface area contributed by atoms with Crippen LogP contribution in [0, 0.1) is 10.1 Å². The Labute approximate surface area is 184 Å². The lowest BCUT2D eigenvalue weighted by molar-refractivity contribution is -0.384. The molecular formula is C20H23N3O8S. The van der Waals surface area contributed by atoms with Gasteiger partial charge in [-0.2, -0.15) is 4.72 Å². The molecule has 2 N–H and O–H groups in total. The van der Waals surface area contributed by atoms with Crippen LogP contribution in [0.3, 0.4) is 0 Å². The van der Waals surface area contributed by atoms with E-state index in [0.29, 0.717) is 0 Å². The summed E-state index contributed by atoms with van der Waals surface area (Å²) in [4.78, 5) is 33.6. The topological polar surface area (TPSA) is 154 Å². The molecule has 0 unspecified atom stereocenters. The second-order valence-corrected chi connectivity index (χ2v) is 8.29. The molecule has 0 aromatic heterocycles. The van der Waals surface area contributed by atoms with E-state index in [2.05, 4.69) is 14.8 Å². The number of nitrogens with one attached hydrogen (secondary N) is 2. The number of benzene rings is 2. The third-order valence-electron chi connectivity index (χ3n) is 4.29. The Hall–Kier alpha value is -3.51. The Balaban J connectivity index is 1.86. The number of nitrogens with zero attached hydrogens (tertiary/aromatic N) is 1. The summed E-state index contributed by atoms with van der Waals surface area (Å²) in [6, 6.07) is 12.1. The summed E-state index contributed by atoms with van der Waals surface area (Å²) in [5.74, 6) is -0.804. The van der Waals surface area contributed by atoms with Gasteiger partial charge in [0.25, 0.3) is 5.69 Å². The van der Waals surface area contributed by atoms with Crippen molar-refractivity contribution in [3.8, 4) is 0 Å². The second-order valence-electron chi connectivity index (χ2n) is 6.58. The number of nitro groups is 1. The Kier molecular flexibility index (Phi) is 9.10. The number of nitro benzene ring substituents is 1. The number of sulfonamides is 1. The van der Waals surface area contributed by atoms with E-state index < -0.39 is 33.1 Å². The number of alkyl carbamates (subject to hydrolysis) is 1. The van der Waals surface area contributed by atoms with Crippen molar-refractivity contribution in [1.82, 2.24) is 10.0 Å². The zero-order valence-electron chi connectivity index (χ0n) is 17.2. The van der Waals surface area contributed by atoms with Crippen LogP contribution in [-0.2, 0) is 30.9 Å². The van der Waals surface area contributed by atoms with Crippen LogP contribution in [0.2, 0.25) is 0 Å². The summed E-state index contributed by atoms with van der Waals surface area (Å²) in [6.45, 7) is 0.243. The van der Waals surface area contributed by atoms with Gasteiger partial charge in [0.15, 0.2) is 0 Å². The van der Waals surface area contributed by atoms with Gasteiger partial charge in [0.2, 0.25) is 10.0 Å². The number of carbonyl (C=O) groups excluding carboxylic acids is 2. The van der Waals surface area contributed by atoms with Crippen LogP contribution in [0.5, 0.6) is 0 Å². The molecule has 12 heteroatoms. The number of ether oxygens (including phenoxy) is 2. The van der Waals surface area contributed by atoms with E-state index in [9.17, 15) is 28.1 Å². The lowest BCUT2D eigenvalue weighted by Crippen LogP contribution is -2.42. The average Bonchev–Trinajstić information content (AvgIpc) is 2.79. The summed E-state index contributed by atoms with van der Waals surface area (Å²) in [5, 5.41) is 13.2. The molecule has 2 aromatic rings.